The van der Waals surface area contributed by atoms with E-state index in [9.17, 15) is 0 Å². The minimum absolute atomic E-state index is 0.876. The number of benzene rings is 1. The highest BCUT2D eigenvalue weighted by atomic mass is 15.2. The first-order valence-electron chi connectivity index (χ1n) is 9.50. The fraction of sp³-hybridized carbons (Fsp3) is 0.550. The highest BCUT2D eigenvalue weighted by Crippen LogP contribution is 2.17. The first-order chi connectivity index (χ1) is 12.3. The summed E-state index contributed by atoms with van der Waals surface area (Å²) in [6, 6.07) is 8.44. The van der Waals surface area contributed by atoms with E-state index in [0.717, 1.165) is 38.6 Å². The quantitative estimate of drug-likeness (QED) is 0.353. The van der Waals surface area contributed by atoms with Crippen molar-refractivity contribution >= 4 is 16.9 Å². The maximum absolute atomic E-state index is 4.31. The second-order valence-corrected chi connectivity index (χ2v) is 6.27. The van der Waals surface area contributed by atoms with Crippen LogP contribution in [0, 0.1) is 0 Å². The van der Waals surface area contributed by atoms with Crippen LogP contribution < -0.4 is 10.6 Å². The predicted molar refractivity (Wildman–Crippen MR) is 108 cm³/mol. The Bertz CT molecular complexity index is 642. The molecule has 25 heavy (non-hydrogen) atoms. The van der Waals surface area contributed by atoms with Gasteiger partial charge in [0.15, 0.2) is 5.96 Å². The molecule has 0 radical (unpaired) electrons. The molecule has 0 fully saturated rings. The van der Waals surface area contributed by atoms with Crippen molar-refractivity contribution in [1.82, 2.24) is 20.5 Å². The minimum Gasteiger partial charge on any atom is -0.361 e. The monoisotopic (exact) mass is 343 g/mol. The van der Waals surface area contributed by atoms with E-state index in [1.807, 2.05) is 7.05 Å². The molecule has 0 unspecified atom stereocenters. The van der Waals surface area contributed by atoms with E-state index in [-0.39, 0.29) is 0 Å². The number of guanidine groups is 1. The number of hydrogen-bond donors (Lipinski definition) is 3. The number of fused-ring (bicyclic) bond motifs is 1. The van der Waals surface area contributed by atoms with E-state index in [4.69, 9.17) is 0 Å². The molecule has 0 spiro atoms. The Labute approximate surface area is 151 Å². The normalized spacial score (nSPS) is 12.1. The summed E-state index contributed by atoms with van der Waals surface area (Å²) in [6.45, 7) is 9.75. The van der Waals surface area contributed by atoms with Crippen molar-refractivity contribution in [2.45, 2.75) is 33.1 Å². The molecular weight excluding hydrogens is 310 g/mol. The molecule has 2 rings (SSSR count). The van der Waals surface area contributed by atoms with Crippen LogP contribution in [0.15, 0.2) is 35.5 Å². The number of para-hydroxylation sites is 1. The summed E-state index contributed by atoms with van der Waals surface area (Å²) in [4.78, 5) is 10.1. The molecule has 0 aliphatic rings. The second kappa shape index (κ2) is 10.8. The van der Waals surface area contributed by atoms with Gasteiger partial charge in [-0.1, -0.05) is 32.0 Å². The van der Waals surface area contributed by atoms with Gasteiger partial charge < -0.3 is 20.5 Å². The number of hydrogen-bond acceptors (Lipinski definition) is 2. The van der Waals surface area contributed by atoms with Gasteiger partial charge >= 0.3 is 0 Å². The molecule has 0 saturated heterocycles. The Kier molecular flexibility index (Phi) is 8.32. The lowest BCUT2D eigenvalue weighted by Gasteiger charge is -2.18. The van der Waals surface area contributed by atoms with Crippen LogP contribution in [0.5, 0.6) is 0 Å². The second-order valence-electron chi connectivity index (χ2n) is 6.27. The summed E-state index contributed by atoms with van der Waals surface area (Å²) in [5, 5.41) is 8.13. The lowest BCUT2D eigenvalue weighted by Crippen LogP contribution is -2.38. The fourth-order valence-corrected chi connectivity index (χ4v) is 3.08. The maximum atomic E-state index is 4.31. The number of unbranched alkanes of at least 4 members (excludes halogenated alkanes) is 1. The Morgan fingerprint density at radius 1 is 1.08 bits per heavy atom. The summed E-state index contributed by atoms with van der Waals surface area (Å²) < 4.78 is 0. The van der Waals surface area contributed by atoms with Gasteiger partial charge in [0.05, 0.1) is 0 Å². The molecule has 0 atom stereocenters. The molecule has 0 aliphatic heterocycles. The van der Waals surface area contributed by atoms with Crippen LogP contribution in [-0.2, 0) is 6.42 Å². The molecule has 2 aromatic rings. The SMILES string of the molecule is CCN(CC)CCCCNC(=NC)NCCc1c[nH]c2ccccc12. The molecule has 1 aromatic carbocycles. The van der Waals surface area contributed by atoms with E-state index in [1.54, 1.807) is 0 Å². The van der Waals surface area contributed by atoms with E-state index in [2.05, 4.69) is 69.8 Å². The average molecular weight is 344 g/mol. The third-order valence-electron chi connectivity index (χ3n) is 4.67. The van der Waals surface area contributed by atoms with Gasteiger partial charge in [0, 0.05) is 37.2 Å². The molecular formula is C20H33N5. The van der Waals surface area contributed by atoms with Crippen LogP contribution in [0.1, 0.15) is 32.3 Å². The summed E-state index contributed by atoms with van der Waals surface area (Å²) in [6.07, 6.45) is 5.48. The van der Waals surface area contributed by atoms with E-state index < -0.39 is 0 Å². The Morgan fingerprint density at radius 3 is 2.60 bits per heavy atom. The first kappa shape index (κ1) is 19.3. The predicted octanol–water partition coefficient (Wildman–Crippen LogP) is 3.00. The topological polar surface area (TPSA) is 55.4 Å². The van der Waals surface area contributed by atoms with Gasteiger partial charge in [-0.25, -0.2) is 0 Å². The lowest BCUT2D eigenvalue weighted by atomic mass is 10.1. The van der Waals surface area contributed by atoms with Crippen molar-refractivity contribution in [3.8, 4) is 0 Å². The van der Waals surface area contributed by atoms with Crippen molar-refractivity contribution < 1.29 is 0 Å². The highest BCUT2D eigenvalue weighted by molar-refractivity contribution is 5.83. The largest absolute Gasteiger partial charge is 0.361 e. The number of aromatic amines is 1. The molecule has 0 bridgehead atoms. The van der Waals surface area contributed by atoms with Gasteiger partial charge in [0.25, 0.3) is 0 Å². The van der Waals surface area contributed by atoms with Crippen molar-refractivity contribution in [3.63, 3.8) is 0 Å². The number of nitrogens with zero attached hydrogens (tertiary/aromatic N) is 2. The Morgan fingerprint density at radius 2 is 1.84 bits per heavy atom. The van der Waals surface area contributed by atoms with Crippen molar-refractivity contribution in [2.75, 3.05) is 39.8 Å². The van der Waals surface area contributed by atoms with Crippen LogP contribution in [0.25, 0.3) is 10.9 Å². The molecule has 3 N–H and O–H groups in total. The van der Waals surface area contributed by atoms with Crippen LogP contribution in [0.3, 0.4) is 0 Å². The first-order valence-corrected chi connectivity index (χ1v) is 9.50. The summed E-state index contributed by atoms with van der Waals surface area (Å²) in [7, 11) is 1.83. The summed E-state index contributed by atoms with van der Waals surface area (Å²) >= 11 is 0. The molecule has 138 valence electrons. The Balaban J connectivity index is 1.65. The van der Waals surface area contributed by atoms with Crippen molar-refractivity contribution in [3.05, 3.63) is 36.0 Å². The molecule has 1 aromatic heterocycles. The number of aromatic nitrogens is 1. The van der Waals surface area contributed by atoms with E-state index in [1.165, 1.54) is 35.9 Å². The summed E-state index contributed by atoms with van der Waals surface area (Å²) in [5.41, 5.74) is 2.55. The van der Waals surface area contributed by atoms with Crippen molar-refractivity contribution in [1.29, 1.82) is 0 Å². The molecule has 0 amide bonds. The van der Waals surface area contributed by atoms with E-state index in [0.29, 0.717) is 0 Å². The number of nitrogens with one attached hydrogen (secondary N) is 3. The van der Waals surface area contributed by atoms with Gasteiger partial charge in [-0.3, -0.25) is 4.99 Å². The zero-order valence-electron chi connectivity index (χ0n) is 15.9. The number of H-pyrrole nitrogens is 1. The third kappa shape index (κ3) is 6.09. The molecule has 0 aliphatic carbocycles. The van der Waals surface area contributed by atoms with Crippen LogP contribution in [0.2, 0.25) is 0 Å². The standard InChI is InChI=1S/C20H33N5/c1-4-25(5-2)15-9-8-13-22-20(21-3)23-14-12-17-16-24-19-11-7-6-10-18(17)19/h6-7,10-11,16,24H,4-5,8-9,12-15H2,1-3H3,(H2,21,22,23). The maximum Gasteiger partial charge on any atom is 0.190 e. The molecule has 5 nitrogen and oxygen atoms in total. The summed E-state index contributed by atoms with van der Waals surface area (Å²) in [5.74, 6) is 0.891. The van der Waals surface area contributed by atoms with Gasteiger partial charge in [0.2, 0.25) is 0 Å². The van der Waals surface area contributed by atoms with Gasteiger partial charge in [-0.2, -0.15) is 0 Å². The highest BCUT2D eigenvalue weighted by Gasteiger charge is 2.03. The van der Waals surface area contributed by atoms with Crippen LogP contribution in [0.4, 0.5) is 0 Å². The zero-order chi connectivity index (χ0) is 17.9. The van der Waals surface area contributed by atoms with Gasteiger partial charge in [0.1, 0.15) is 0 Å². The van der Waals surface area contributed by atoms with Crippen LogP contribution in [-0.4, -0.2) is 55.6 Å². The fourth-order valence-electron chi connectivity index (χ4n) is 3.08. The lowest BCUT2D eigenvalue weighted by molar-refractivity contribution is 0.297. The van der Waals surface area contributed by atoms with Gasteiger partial charge in [-0.05, 0) is 50.5 Å². The zero-order valence-corrected chi connectivity index (χ0v) is 15.9. The van der Waals surface area contributed by atoms with Crippen molar-refractivity contribution in [2.24, 2.45) is 4.99 Å². The third-order valence-corrected chi connectivity index (χ3v) is 4.67. The van der Waals surface area contributed by atoms with Gasteiger partial charge in [-0.15, -0.1) is 0 Å². The smallest absolute Gasteiger partial charge is 0.190 e. The molecule has 5 heteroatoms. The number of aliphatic imine (C=N–C) groups is 1. The Hall–Kier alpha value is -2.01. The van der Waals surface area contributed by atoms with Crippen LogP contribution >= 0.6 is 0 Å². The average Bonchev–Trinajstić information content (AvgIpc) is 3.06. The number of rotatable bonds is 10. The molecule has 1 heterocycles. The molecule has 0 saturated carbocycles. The van der Waals surface area contributed by atoms with E-state index >= 15 is 0 Å². The minimum atomic E-state index is 0.876.